The molecule has 17 heavy (non-hydrogen) atoms. The second kappa shape index (κ2) is 5.78. The van der Waals surface area contributed by atoms with E-state index in [1.54, 1.807) is 0 Å². The lowest BCUT2D eigenvalue weighted by Gasteiger charge is -2.08. The summed E-state index contributed by atoms with van der Waals surface area (Å²) in [6.45, 7) is -2.91. The smallest absolute Gasteiger partial charge is 0.387 e. The average Bonchev–Trinajstić information content (AvgIpc) is 2.19. The van der Waals surface area contributed by atoms with Crippen LogP contribution in [0.15, 0.2) is 24.3 Å². The summed E-state index contributed by atoms with van der Waals surface area (Å²) in [7, 11) is -3.48. The molecule has 0 radical (unpaired) electrons. The van der Waals surface area contributed by atoms with Gasteiger partial charge >= 0.3 is 6.61 Å². The molecule has 0 heterocycles. The molecule has 3 N–H and O–H groups in total. The Morgan fingerprint density at radius 3 is 2.35 bits per heavy atom. The van der Waals surface area contributed by atoms with Crippen LogP contribution < -0.4 is 15.2 Å². The van der Waals surface area contributed by atoms with Gasteiger partial charge in [0.1, 0.15) is 5.75 Å². The van der Waals surface area contributed by atoms with Gasteiger partial charge in [-0.2, -0.15) is 8.78 Å². The van der Waals surface area contributed by atoms with Crippen molar-refractivity contribution in [2.45, 2.75) is 6.61 Å². The van der Waals surface area contributed by atoms with E-state index in [1.165, 1.54) is 24.3 Å². The molecular weight excluding hydrogens is 254 g/mol. The van der Waals surface area contributed by atoms with Crippen LogP contribution in [0.4, 0.5) is 14.5 Å². The molecule has 0 spiro atoms. The molecule has 0 amide bonds. The Hall–Kier alpha value is -1.41. The van der Waals surface area contributed by atoms with Gasteiger partial charge in [-0.15, -0.1) is 0 Å². The molecule has 0 saturated carbocycles. The third kappa shape index (κ3) is 4.96. The average molecular weight is 266 g/mol. The zero-order valence-corrected chi connectivity index (χ0v) is 9.58. The Morgan fingerprint density at radius 2 is 1.88 bits per heavy atom. The second-order valence-corrected chi connectivity index (χ2v) is 4.95. The van der Waals surface area contributed by atoms with Crippen molar-refractivity contribution >= 4 is 15.7 Å². The molecule has 5 nitrogen and oxygen atoms in total. The molecule has 1 aromatic carbocycles. The number of sulfonamides is 1. The van der Waals surface area contributed by atoms with Crippen LogP contribution in [0.5, 0.6) is 5.75 Å². The first kappa shape index (κ1) is 13.7. The summed E-state index contributed by atoms with van der Waals surface area (Å²) in [5, 5.41) is 0. The van der Waals surface area contributed by atoms with Gasteiger partial charge in [0.2, 0.25) is 10.0 Å². The van der Waals surface area contributed by atoms with Crippen LogP contribution in [-0.4, -0.2) is 27.3 Å². The Morgan fingerprint density at radius 1 is 1.29 bits per heavy atom. The lowest BCUT2D eigenvalue weighted by molar-refractivity contribution is -0.0498. The maximum Gasteiger partial charge on any atom is 0.387 e. The summed E-state index contributed by atoms with van der Waals surface area (Å²) < 4.78 is 52.7. The van der Waals surface area contributed by atoms with Crippen LogP contribution in [0.2, 0.25) is 0 Å². The highest BCUT2D eigenvalue weighted by atomic mass is 32.2. The normalized spacial score (nSPS) is 11.5. The van der Waals surface area contributed by atoms with Gasteiger partial charge in [-0.05, 0) is 24.3 Å². The minimum atomic E-state index is -3.48. The fraction of sp³-hybridized carbons (Fsp3) is 0.333. The molecule has 8 heteroatoms. The fourth-order valence-electron chi connectivity index (χ4n) is 1.09. The Balaban J connectivity index is 2.68. The summed E-state index contributed by atoms with van der Waals surface area (Å²) >= 11 is 0. The van der Waals surface area contributed by atoms with Gasteiger partial charge in [-0.25, -0.2) is 8.42 Å². The van der Waals surface area contributed by atoms with Crippen molar-refractivity contribution in [3.8, 4) is 5.75 Å². The van der Waals surface area contributed by atoms with Gasteiger partial charge in [0.05, 0.1) is 5.75 Å². The maximum absolute atomic E-state index is 11.8. The molecule has 96 valence electrons. The lowest BCUT2D eigenvalue weighted by Crippen LogP contribution is -2.22. The molecule has 0 aliphatic carbocycles. The van der Waals surface area contributed by atoms with Crippen LogP contribution in [0.3, 0.4) is 0 Å². The molecule has 0 saturated heterocycles. The molecule has 1 aromatic rings. The van der Waals surface area contributed by atoms with Crippen molar-refractivity contribution in [2.75, 3.05) is 17.0 Å². The standard InChI is InChI=1S/C9H12F2N2O3S/c10-9(11)16-8-3-1-7(2-4-8)13-17(14,15)6-5-12/h1-4,9,13H,5-6,12H2. The van der Waals surface area contributed by atoms with Crippen LogP contribution in [0.1, 0.15) is 0 Å². The number of anilines is 1. The fourth-order valence-corrected chi connectivity index (χ4v) is 2.00. The molecule has 0 aliphatic heterocycles. The summed E-state index contributed by atoms with van der Waals surface area (Å²) in [4.78, 5) is 0. The number of hydrogen-bond donors (Lipinski definition) is 2. The predicted octanol–water partition coefficient (Wildman–Crippen LogP) is 0.988. The molecule has 0 fully saturated rings. The minimum absolute atomic E-state index is 0.00190. The lowest BCUT2D eigenvalue weighted by atomic mass is 10.3. The zero-order chi connectivity index (χ0) is 12.9. The quantitative estimate of drug-likeness (QED) is 0.804. The van der Waals surface area contributed by atoms with Crippen molar-refractivity contribution in [1.82, 2.24) is 0 Å². The van der Waals surface area contributed by atoms with E-state index in [9.17, 15) is 17.2 Å². The molecule has 0 unspecified atom stereocenters. The largest absolute Gasteiger partial charge is 0.435 e. The summed E-state index contributed by atoms with van der Waals surface area (Å²) in [6.07, 6.45) is 0. The highest BCUT2D eigenvalue weighted by Crippen LogP contribution is 2.18. The first-order chi connectivity index (χ1) is 7.93. The molecule has 0 aromatic heterocycles. The number of benzene rings is 1. The van der Waals surface area contributed by atoms with E-state index in [-0.39, 0.29) is 23.7 Å². The summed E-state index contributed by atoms with van der Waals surface area (Å²) in [5.41, 5.74) is 5.39. The minimum Gasteiger partial charge on any atom is -0.435 e. The van der Waals surface area contributed by atoms with Crippen LogP contribution in [0, 0.1) is 0 Å². The molecular formula is C9H12F2N2O3S. The highest BCUT2D eigenvalue weighted by molar-refractivity contribution is 7.92. The van der Waals surface area contributed by atoms with Crippen LogP contribution in [-0.2, 0) is 10.0 Å². The molecule has 1 rings (SSSR count). The van der Waals surface area contributed by atoms with Crippen molar-refractivity contribution < 1.29 is 21.9 Å². The topological polar surface area (TPSA) is 81.4 Å². The summed E-state index contributed by atoms with van der Waals surface area (Å²) in [6, 6.07) is 5.14. The first-order valence-corrected chi connectivity index (χ1v) is 6.33. The van der Waals surface area contributed by atoms with E-state index >= 15 is 0 Å². The third-order valence-electron chi connectivity index (χ3n) is 1.74. The van der Waals surface area contributed by atoms with Gasteiger partial charge in [-0.1, -0.05) is 0 Å². The number of alkyl halides is 2. The van der Waals surface area contributed by atoms with E-state index in [4.69, 9.17) is 5.73 Å². The van der Waals surface area contributed by atoms with Crippen molar-refractivity contribution in [1.29, 1.82) is 0 Å². The van der Waals surface area contributed by atoms with Crippen LogP contribution in [0.25, 0.3) is 0 Å². The van der Waals surface area contributed by atoms with Gasteiger partial charge in [0, 0.05) is 12.2 Å². The number of nitrogens with one attached hydrogen (secondary N) is 1. The Labute approximate surface area is 97.6 Å². The molecule has 0 atom stereocenters. The SMILES string of the molecule is NCCS(=O)(=O)Nc1ccc(OC(F)F)cc1. The van der Waals surface area contributed by atoms with Crippen molar-refractivity contribution in [3.63, 3.8) is 0 Å². The van der Waals surface area contributed by atoms with E-state index in [0.717, 1.165) is 0 Å². The Kier molecular flexibility index (Phi) is 4.64. The monoisotopic (exact) mass is 266 g/mol. The van der Waals surface area contributed by atoms with Crippen molar-refractivity contribution in [2.24, 2.45) is 5.73 Å². The van der Waals surface area contributed by atoms with E-state index in [2.05, 4.69) is 9.46 Å². The second-order valence-electron chi connectivity index (χ2n) is 3.11. The third-order valence-corrected chi connectivity index (χ3v) is 3.06. The maximum atomic E-state index is 11.8. The van der Waals surface area contributed by atoms with Crippen molar-refractivity contribution in [3.05, 3.63) is 24.3 Å². The molecule has 0 aliphatic rings. The van der Waals surface area contributed by atoms with E-state index in [0.29, 0.717) is 0 Å². The van der Waals surface area contributed by atoms with E-state index < -0.39 is 16.6 Å². The first-order valence-electron chi connectivity index (χ1n) is 4.68. The summed E-state index contributed by atoms with van der Waals surface area (Å²) in [5.74, 6) is -0.246. The highest BCUT2D eigenvalue weighted by Gasteiger charge is 2.09. The number of ether oxygens (including phenoxy) is 1. The predicted molar refractivity (Wildman–Crippen MR) is 59.5 cm³/mol. The molecule has 0 bridgehead atoms. The zero-order valence-electron chi connectivity index (χ0n) is 8.77. The van der Waals surface area contributed by atoms with Crippen LogP contribution >= 0.6 is 0 Å². The van der Waals surface area contributed by atoms with E-state index in [1.807, 2.05) is 0 Å². The number of nitrogens with two attached hydrogens (primary N) is 1. The number of rotatable bonds is 6. The Bertz CT molecular complexity index is 448. The van der Waals surface area contributed by atoms with Gasteiger partial charge in [0.25, 0.3) is 0 Å². The number of halogens is 2. The van der Waals surface area contributed by atoms with Gasteiger partial charge in [-0.3, -0.25) is 4.72 Å². The van der Waals surface area contributed by atoms with Gasteiger partial charge < -0.3 is 10.5 Å². The number of hydrogen-bond acceptors (Lipinski definition) is 4. The van der Waals surface area contributed by atoms with Gasteiger partial charge in [0.15, 0.2) is 0 Å².